The van der Waals surface area contributed by atoms with Gasteiger partial charge in [-0.3, -0.25) is 9.11 Å². The second-order valence-corrected chi connectivity index (χ2v) is 6.03. The maximum Gasteiger partial charge on any atom is 0.0785 e. The molecule has 2 rings (SSSR count). The van der Waals surface area contributed by atoms with Gasteiger partial charge in [0.2, 0.25) is 0 Å². The second kappa shape index (κ2) is 6.99. The normalized spacial score (nSPS) is 20.5. The Morgan fingerprint density at radius 3 is 2.61 bits per heavy atom. The van der Waals surface area contributed by atoms with Crippen molar-refractivity contribution in [2.45, 2.75) is 11.0 Å². The van der Waals surface area contributed by atoms with E-state index in [-0.39, 0.29) is 0 Å². The van der Waals surface area contributed by atoms with Crippen LogP contribution in [0.2, 0.25) is 0 Å². The van der Waals surface area contributed by atoms with Gasteiger partial charge in [-0.15, -0.1) is 0 Å². The van der Waals surface area contributed by atoms with Crippen molar-refractivity contribution in [1.29, 1.82) is 0 Å². The number of nitrogens with one attached hydrogen (secondary N) is 1. The van der Waals surface area contributed by atoms with Crippen molar-refractivity contribution in [3.05, 3.63) is 30.3 Å². The molecule has 0 amide bonds. The Bertz CT molecular complexity index is 380. The lowest BCUT2D eigenvalue weighted by Crippen LogP contribution is -2.47. The summed E-state index contributed by atoms with van der Waals surface area (Å²) >= 11 is 0. The van der Waals surface area contributed by atoms with Crippen LogP contribution in [0.3, 0.4) is 0 Å². The topological polar surface area (TPSA) is 52.6 Å². The average molecular weight is 268 g/mol. The summed E-state index contributed by atoms with van der Waals surface area (Å²) in [5, 5.41) is 13.2. The maximum absolute atomic E-state index is 12.0. The van der Waals surface area contributed by atoms with Crippen molar-refractivity contribution in [2.75, 3.05) is 38.5 Å². The zero-order valence-electron chi connectivity index (χ0n) is 10.4. The molecule has 1 aliphatic heterocycles. The first-order chi connectivity index (χ1) is 8.75. The number of hydrogen-bond acceptors (Lipinski definition) is 4. The lowest BCUT2D eigenvalue weighted by atomic mass is 10.3. The van der Waals surface area contributed by atoms with E-state index in [9.17, 15) is 9.32 Å². The Balaban J connectivity index is 1.80. The van der Waals surface area contributed by atoms with Crippen LogP contribution in [0.15, 0.2) is 35.2 Å². The van der Waals surface area contributed by atoms with E-state index in [0.717, 1.165) is 31.1 Å². The third kappa shape index (κ3) is 4.17. The maximum atomic E-state index is 12.0. The van der Waals surface area contributed by atoms with E-state index in [4.69, 9.17) is 0 Å². The van der Waals surface area contributed by atoms with Crippen LogP contribution in [0.4, 0.5) is 0 Å². The Morgan fingerprint density at radius 1 is 1.28 bits per heavy atom. The van der Waals surface area contributed by atoms with Crippen LogP contribution in [0, 0.1) is 0 Å². The van der Waals surface area contributed by atoms with Crippen LogP contribution in [0.5, 0.6) is 0 Å². The van der Waals surface area contributed by atoms with Crippen LogP contribution in [0.1, 0.15) is 0 Å². The standard InChI is InChI=1S/C13H20N2O2S/c16-12(10-15-8-6-14-7-9-15)11-18(17)13-4-2-1-3-5-13/h1-5,12,14,16H,6-11H2. The zero-order chi connectivity index (χ0) is 12.8. The molecule has 18 heavy (non-hydrogen) atoms. The molecule has 0 saturated carbocycles. The van der Waals surface area contributed by atoms with Gasteiger partial charge in [-0.2, -0.15) is 0 Å². The molecule has 4 nitrogen and oxygen atoms in total. The molecule has 1 fully saturated rings. The molecule has 2 atom stereocenters. The summed E-state index contributed by atoms with van der Waals surface area (Å²) < 4.78 is 12.0. The lowest BCUT2D eigenvalue weighted by molar-refractivity contribution is 0.121. The number of benzene rings is 1. The molecule has 0 bridgehead atoms. The van der Waals surface area contributed by atoms with Gasteiger partial charge < -0.3 is 10.4 Å². The third-order valence-corrected chi connectivity index (χ3v) is 4.51. The zero-order valence-corrected chi connectivity index (χ0v) is 11.2. The summed E-state index contributed by atoms with van der Waals surface area (Å²) in [6.07, 6.45) is -0.524. The largest absolute Gasteiger partial charge is 0.391 e. The SMILES string of the molecule is O=S(CC(O)CN1CCNCC1)c1ccccc1. The van der Waals surface area contributed by atoms with Crippen molar-refractivity contribution in [1.82, 2.24) is 10.2 Å². The highest BCUT2D eigenvalue weighted by atomic mass is 32.2. The van der Waals surface area contributed by atoms with E-state index in [1.807, 2.05) is 30.3 Å². The van der Waals surface area contributed by atoms with E-state index >= 15 is 0 Å². The fraction of sp³-hybridized carbons (Fsp3) is 0.538. The predicted octanol–water partition coefficient (Wildman–Crippen LogP) is 0.0603. The van der Waals surface area contributed by atoms with Crippen LogP contribution < -0.4 is 5.32 Å². The quantitative estimate of drug-likeness (QED) is 0.793. The molecular weight excluding hydrogens is 248 g/mol. The summed E-state index contributed by atoms with van der Waals surface area (Å²) in [5.41, 5.74) is 0. The summed E-state index contributed by atoms with van der Waals surface area (Å²) in [6.45, 7) is 4.45. The molecule has 2 unspecified atom stereocenters. The first-order valence-corrected chi connectivity index (χ1v) is 7.62. The van der Waals surface area contributed by atoms with Crippen molar-refractivity contribution in [3.8, 4) is 0 Å². The molecular formula is C13H20N2O2S. The number of piperazine rings is 1. The third-order valence-electron chi connectivity index (χ3n) is 3.03. The molecule has 2 N–H and O–H groups in total. The first-order valence-electron chi connectivity index (χ1n) is 6.30. The van der Waals surface area contributed by atoms with Crippen LogP contribution in [-0.4, -0.2) is 58.8 Å². The highest BCUT2D eigenvalue weighted by Gasteiger charge is 2.16. The van der Waals surface area contributed by atoms with Crippen molar-refractivity contribution in [2.24, 2.45) is 0 Å². The van der Waals surface area contributed by atoms with Gasteiger partial charge in [0.15, 0.2) is 0 Å². The molecule has 1 aliphatic rings. The molecule has 1 heterocycles. The number of aliphatic hydroxyl groups is 1. The van der Waals surface area contributed by atoms with E-state index in [1.54, 1.807) is 0 Å². The minimum Gasteiger partial charge on any atom is -0.391 e. The molecule has 0 radical (unpaired) electrons. The van der Waals surface area contributed by atoms with Gasteiger partial charge >= 0.3 is 0 Å². The van der Waals surface area contributed by atoms with Gasteiger partial charge in [-0.25, -0.2) is 0 Å². The lowest BCUT2D eigenvalue weighted by Gasteiger charge is -2.28. The Kier molecular flexibility index (Phi) is 5.31. The molecule has 0 spiro atoms. The monoisotopic (exact) mass is 268 g/mol. The average Bonchev–Trinajstić information content (AvgIpc) is 2.40. The smallest absolute Gasteiger partial charge is 0.0785 e. The molecule has 0 aliphatic carbocycles. The second-order valence-electron chi connectivity index (χ2n) is 4.53. The van der Waals surface area contributed by atoms with Gasteiger partial charge in [0.1, 0.15) is 0 Å². The minimum atomic E-state index is -1.11. The molecule has 1 aromatic carbocycles. The van der Waals surface area contributed by atoms with Crippen LogP contribution >= 0.6 is 0 Å². The molecule has 5 heteroatoms. The number of β-amino-alcohol motifs (C(OH)–C–C–N with tert-alkyl or cyclic N) is 1. The highest BCUT2D eigenvalue weighted by Crippen LogP contribution is 2.07. The fourth-order valence-electron chi connectivity index (χ4n) is 2.09. The van der Waals surface area contributed by atoms with Gasteiger partial charge in [0, 0.05) is 37.6 Å². The molecule has 0 aromatic heterocycles. The van der Waals surface area contributed by atoms with Gasteiger partial charge in [-0.1, -0.05) is 18.2 Å². The van der Waals surface area contributed by atoms with Gasteiger partial charge in [-0.05, 0) is 12.1 Å². The van der Waals surface area contributed by atoms with E-state index < -0.39 is 16.9 Å². The Hall–Kier alpha value is -0.750. The van der Waals surface area contributed by atoms with Crippen molar-refractivity contribution < 1.29 is 9.32 Å². The number of nitrogens with zero attached hydrogens (tertiary/aromatic N) is 1. The van der Waals surface area contributed by atoms with Crippen molar-refractivity contribution >= 4 is 10.8 Å². The number of rotatable bonds is 5. The number of aliphatic hydroxyl groups excluding tert-OH is 1. The molecule has 1 saturated heterocycles. The minimum absolute atomic E-state index is 0.313. The highest BCUT2D eigenvalue weighted by molar-refractivity contribution is 7.85. The Morgan fingerprint density at radius 2 is 1.94 bits per heavy atom. The van der Waals surface area contributed by atoms with Crippen molar-refractivity contribution in [3.63, 3.8) is 0 Å². The number of hydrogen-bond donors (Lipinski definition) is 2. The van der Waals surface area contributed by atoms with E-state index in [1.165, 1.54) is 0 Å². The van der Waals surface area contributed by atoms with Crippen LogP contribution in [0.25, 0.3) is 0 Å². The molecule has 100 valence electrons. The van der Waals surface area contributed by atoms with E-state index in [2.05, 4.69) is 10.2 Å². The van der Waals surface area contributed by atoms with E-state index in [0.29, 0.717) is 12.3 Å². The summed E-state index contributed by atoms with van der Waals surface area (Å²) in [5.74, 6) is 0.313. The van der Waals surface area contributed by atoms with Crippen LogP contribution in [-0.2, 0) is 10.8 Å². The summed E-state index contributed by atoms with van der Waals surface area (Å²) in [4.78, 5) is 3.00. The first kappa shape index (κ1) is 13.7. The van der Waals surface area contributed by atoms with Gasteiger partial charge in [0.05, 0.1) is 22.7 Å². The summed E-state index contributed by atoms with van der Waals surface area (Å²) in [7, 11) is -1.11. The summed E-state index contributed by atoms with van der Waals surface area (Å²) in [6, 6.07) is 9.32. The van der Waals surface area contributed by atoms with Gasteiger partial charge in [0.25, 0.3) is 0 Å². The predicted molar refractivity (Wildman–Crippen MR) is 73.0 cm³/mol. The fourth-order valence-corrected chi connectivity index (χ4v) is 3.20. The Labute approximate surface area is 110 Å². The molecule has 1 aromatic rings.